The summed E-state index contributed by atoms with van der Waals surface area (Å²) >= 11 is 1.82. The number of hydrogen-bond acceptors (Lipinski definition) is 4. The summed E-state index contributed by atoms with van der Waals surface area (Å²) in [5.74, 6) is 0. The van der Waals surface area contributed by atoms with Crippen LogP contribution in [0, 0.1) is 0 Å². The monoisotopic (exact) mass is 211 g/mol. The number of aromatic nitrogens is 1. The summed E-state index contributed by atoms with van der Waals surface area (Å²) in [6.45, 7) is 6.55. The molecular weight excluding hydrogens is 194 g/mol. The van der Waals surface area contributed by atoms with Gasteiger partial charge in [0.1, 0.15) is 5.01 Å². The fraction of sp³-hybridized carbons (Fsp3) is 0.700. The van der Waals surface area contributed by atoms with Crippen molar-refractivity contribution in [2.75, 3.05) is 13.1 Å². The third-order valence-corrected chi connectivity index (χ3v) is 3.88. The minimum atomic E-state index is 0.396. The maximum Gasteiger partial charge on any atom is 0.109 e. The Labute approximate surface area is 88.9 Å². The van der Waals surface area contributed by atoms with E-state index in [1.54, 1.807) is 0 Å². The van der Waals surface area contributed by atoms with Gasteiger partial charge in [0.05, 0.1) is 6.04 Å². The molecule has 2 rings (SSSR count). The first-order valence-electron chi connectivity index (χ1n) is 5.21. The summed E-state index contributed by atoms with van der Waals surface area (Å²) in [5.41, 5.74) is 0. The average molecular weight is 211 g/mol. The summed E-state index contributed by atoms with van der Waals surface area (Å²) < 4.78 is 0. The second kappa shape index (κ2) is 4.38. The van der Waals surface area contributed by atoms with Crippen LogP contribution in [0.3, 0.4) is 0 Å². The Morgan fingerprint density at radius 1 is 1.71 bits per heavy atom. The predicted molar refractivity (Wildman–Crippen MR) is 59.7 cm³/mol. The summed E-state index contributed by atoms with van der Waals surface area (Å²) in [4.78, 5) is 5.81. The molecule has 1 aromatic rings. The molecule has 0 bridgehead atoms. The van der Waals surface area contributed by atoms with E-state index in [-0.39, 0.29) is 0 Å². The largest absolute Gasteiger partial charge is 0.314 e. The molecule has 1 fully saturated rings. The van der Waals surface area contributed by atoms with Gasteiger partial charge in [-0.05, 0) is 13.3 Å². The lowest BCUT2D eigenvalue weighted by Gasteiger charge is -2.30. The van der Waals surface area contributed by atoms with Crippen LogP contribution in [-0.4, -0.2) is 24.1 Å². The Morgan fingerprint density at radius 2 is 2.50 bits per heavy atom. The highest BCUT2D eigenvalue weighted by Gasteiger charge is 2.20. The van der Waals surface area contributed by atoms with Gasteiger partial charge in [-0.15, -0.1) is 11.3 Å². The quantitative estimate of drug-likeness (QED) is 0.789. The SMILES string of the molecule is CCc1cnc(C(C)NC2CNC2)s1. The van der Waals surface area contributed by atoms with Gasteiger partial charge < -0.3 is 10.6 Å². The van der Waals surface area contributed by atoms with E-state index in [4.69, 9.17) is 0 Å². The molecule has 1 atom stereocenters. The Balaban J connectivity index is 1.92. The molecule has 0 aliphatic carbocycles. The minimum Gasteiger partial charge on any atom is -0.314 e. The number of aryl methyl sites for hydroxylation is 1. The van der Waals surface area contributed by atoms with Crippen molar-refractivity contribution in [3.8, 4) is 0 Å². The smallest absolute Gasteiger partial charge is 0.109 e. The molecule has 1 aliphatic heterocycles. The van der Waals surface area contributed by atoms with Crippen LogP contribution in [0.15, 0.2) is 6.20 Å². The highest BCUT2D eigenvalue weighted by atomic mass is 32.1. The Kier molecular flexibility index (Phi) is 3.15. The Bertz CT molecular complexity index is 293. The highest BCUT2D eigenvalue weighted by Crippen LogP contribution is 2.20. The van der Waals surface area contributed by atoms with E-state index in [0.717, 1.165) is 19.5 Å². The Hall–Kier alpha value is -0.450. The van der Waals surface area contributed by atoms with Gasteiger partial charge in [-0.25, -0.2) is 4.98 Å². The van der Waals surface area contributed by atoms with Crippen molar-refractivity contribution in [1.82, 2.24) is 15.6 Å². The van der Waals surface area contributed by atoms with Crippen molar-refractivity contribution in [2.24, 2.45) is 0 Å². The summed E-state index contributed by atoms with van der Waals surface area (Å²) in [6, 6.07) is 1.03. The number of hydrogen-bond donors (Lipinski definition) is 2. The highest BCUT2D eigenvalue weighted by molar-refractivity contribution is 7.11. The molecule has 0 aromatic carbocycles. The lowest BCUT2D eigenvalue weighted by molar-refractivity contribution is 0.338. The topological polar surface area (TPSA) is 37.0 Å². The predicted octanol–water partition coefficient (Wildman–Crippen LogP) is 1.33. The molecule has 3 nitrogen and oxygen atoms in total. The molecule has 1 aromatic heterocycles. The summed E-state index contributed by atoms with van der Waals surface area (Å²) in [7, 11) is 0. The fourth-order valence-electron chi connectivity index (χ4n) is 1.52. The van der Waals surface area contributed by atoms with Gasteiger partial charge >= 0.3 is 0 Å². The van der Waals surface area contributed by atoms with Crippen LogP contribution in [-0.2, 0) is 6.42 Å². The van der Waals surface area contributed by atoms with Gasteiger partial charge in [0.2, 0.25) is 0 Å². The molecular formula is C10H17N3S. The Morgan fingerprint density at radius 3 is 3.00 bits per heavy atom. The van der Waals surface area contributed by atoms with Crippen LogP contribution in [0.1, 0.15) is 29.8 Å². The van der Waals surface area contributed by atoms with Gasteiger partial charge in [-0.2, -0.15) is 0 Å². The van der Waals surface area contributed by atoms with Crippen molar-refractivity contribution in [2.45, 2.75) is 32.4 Å². The zero-order valence-electron chi connectivity index (χ0n) is 8.71. The zero-order chi connectivity index (χ0) is 9.97. The van der Waals surface area contributed by atoms with Crippen molar-refractivity contribution in [3.05, 3.63) is 16.1 Å². The number of thiazole rings is 1. The number of nitrogens with zero attached hydrogens (tertiary/aromatic N) is 1. The van der Waals surface area contributed by atoms with E-state index in [9.17, 15) is 0 Å². The zero-order valence-corrected chi connectivity index (χ0v) is 9.53. The summed E-state index contributed by atoms with van der Waals surface area (Å²) in [6.07, 6.45) is 3.09. The maximum atomic E-state index is 4.43. The number of rotatable bonds is 4. The van der Waals surface area contributed by atoms with E-state index < -0.39 is 0 Å². The molecule has 14 heavy (non-hydrogen) atoms. The third kappa shape index (κ3) is 2.13. The van der Waals surface area contributed by atoms with E-state index in [0.29, 0.717) is 12.1 Å². The molecule has 0 radical (unpaired) electrons. The van der Waals surface area contributed by atoms with Gasteiger partial charge in [0, 0.05) is 30.2 Å². The standard InChI is InChI=1S/C10H17N3S/c1-3-9-6-12-10(14-9)7(2)13-8-4-11-5-8/h6-8,11,13H,3-5H2,1-2H3. The molecule has 0 saturated carbocycles. The maximum absolute atomic E-state index is 4.43. The number of nitrogens with one attached hydrogen (secondary N) is 2. The minimum absolute atomic E-state index is 0.396. The molecule has 4 heteroatoms. The van der Waals surface area contributed by atoms with Gasteiger partial charge in [0.15, 0.2) is 0 Å². The van der Waals surface area contributed by atoms with Crippen molar-refractivity contribution in [3.63, 3.8) is 0 Å². The van der Waals surface area contributed by atoms with E-state index in [1.807, 2.05) is 17.5 Å². The molecule has 0 spiro atoms. The molecule has 2 N–H and O–H groups in total. The van der Waals surface area contributed by atoms with Crippen LogP contribution in [0.25, 0.3) is 0 Å². The van der Waals surface area contributed by atoms with Crippen molar-refractivity contribution in [1.29, 1.82) is 0 Å². The lowest BCUT2D eigenvalue weighted by atomic mass is 10.1. The van der Waals surface area contributed by atoms with E-state index in [1.165, 1.54) is 9.88 Å². The first kappa shape index (κ1) is 10.1. The summed E-state index contributed by atoms with van der Waals surface area (Å²) in [5, 5.41) is 8.03. The molecule has 1 aliphatic rings. The fourth-order valence-corrected chi connectivity index (χ4v) is 2.39. The van der Waals surface area contributed by atoms with Gasteiger partial charge in [0.25, 0.3) is 0 Å². The second-order valence-electron chi connectivity index (χ2n) is 3.76. The van der Waals surface area contributed by atoms with Crippen LogP contribution < -0.4 is 10.6 Å². The molecule has 2 heterocycles. The van der Waals surface area contributed by atoms with E-state index in [2.05, 4.69) is 29.5 Å². The van der Waals surface area contributed by atoms with Crippen LogP contribution in [0.2, 0.25) is 0 Å². The van der Waals surface area contributed by atoms with Crippen LogP contribution in [0.4, 0.5) is 0 Å². The van der Waals surface area contributed by atoms with Gasteiger partial charge in [-0.1, -0.05) is 6.92 Å². The molecule has 78 valence electrons. The third-order valence-electron chi connectivity index (χ3n) is 2.56. The first-order valence-corrected chi connectivity index (χ1v) is 6.02. The first-order chi connectivity index (χ1) is 6.79. The second-order valence-corrected chi connectivity index (χ2v) is 4.91. The molecule has 1 unspecified atom stereocenters. The normalized spacial score (nSPS) is 19.3. The molecule has 0 amide bonds. The van der Waals surface area contributed by atoms with Gasteiger partial charge in [-0.3, -0.25) is 0 Å². The van der Waals surface area contributed by atoms with E-state index >= 15 is 0 Å². The molecule has 1 saturated heterocycles. The van der Waals surface area contributed by atoms with Crippen molar-refractivity contribution >= 4 is 11.3 Å². The van der Waals surface area contributed by atoms with Crippen LogP contribution >= 0.6 is 11.3 Å². The average Bonchev–Trinajstić information content (AvgIpc) is 2.59. The van der Waals surface area contributed by atoms with Crippen molar-refractivity contribution < 1.29 is 0 Å². The lowest BCUT2D eigenvalue weighted by Crippen LogP contribution is -2.55. The van der Waals surface area contributed by atoms with Crippen LogP contribution in [0.5, 0.6) is 0 Å².